The molecular weight excluding hydrogens is 540 g/mol. The van der Waals surface area contributed by atoms with Gasteiger partial charge in [-0.25, -0.2) is 0 Å². The number of hydrogen-bond donors (Lipinski definition) is 9. The van der Waals surface area contributed by atoms with Crippen molar-refractivity contribution in [2.24, 2.45) is 29.6 Å². The summed E-state index contributed by atoms with van der Waals surface area (Å²) in [4.78, 5) is 13.4. The summed E-state index contributed by atoms with van der Waals surface area (Å²) in [5.41, 5.74) is 0.282. The fraction of sp³-hybridized carbons (Fsp3) is 0.828. The van der Waals surface area contributed by atoms with Gasteiger partial charge >= 0.3 is 0 Å². The number of Topliss-reactive ketones (excluding diaryl/α,β-unsaturated/α-hetero) is 1. The normalized spacial score (nSPS) is 54.1. The van der Waals surface area contributed by atoms with Crippen LogP contribution < -0.4 is 0 Å². The molecule has 0 aromatic carbocycles. The smallest absolute Gasteiger partial charge is 0.203 e. The number of ether oxygens (including phenoxy) is 2. The summed E-state index contributed by atoms with van der Waals surface area (Å²) >= 11 is 0. The highest BCUT2D eigenvalue weighted by atomic mass is 16.5. The molecule has 0 aromatic heterocycles. The molecule has 4 aliphatic carbocycles. The van der Waals surface area contributed by atoms with Gasteiger partial charge in [0.05, 0.1) is 73.1 Å². The lowest BCUT2D eigenvalue weighted by Crippen LogP contribution is -2.59. The highest BCUT2D eigenvalue weighted by Crippen LogP contribution is 2.48. The van der Waals surface area contributed by atoms with Crippen molar-refractivity contribution in [2.45, 2.75) is 118 Å². The number of hydrogen-bond acceptors (Lipinski definition) is 12. The molecule has 0 radical (unpaired) electrons. The van der Waals surface area contributed by atoms with E-state index in [0.29, 0.717) is 0 Å². The minimum atomic E-state index is -1.51. The van der Waals surface area contributed by atoms with Crippen LogP contribution in [0, 0.1) is 29.6 Å². The Balaban J connectivity index is 1.33. The molecular formula is C29H42O12. The Morgan fingerprint density at radius 2 is 1.20 bits per heavy atom. The van der Waals surface area contributed by atoms with Crippen LogP contribution in [-0.2, 0) is 14.3 Å². The molecule has 17 atom stereocenters. The molecule has 0 amide bonds. The first-order valence-electron chi connectivity index (χ1n) is 14.8. The van der Waals surface area contributed by atoms with E-state index in [4.69, 9.17) is 9.47 Å². The van der Waals surface area contributed by atoms with E-state index in [1.165, 1.54) is 6.08 Å². The van der Waals surface area contributed by atoms with E-state index in [1.807, 2.05) is 0 Å². The van der Waals surface area contributed by atoms with Gasteiger partial charge in [0, 0.05) is 11.8 Å². The first-order valence-corrected chi connectivity index (χ1v) is 14.8. The number of carbonyl (C=O) groups is 1. The van der Waals surface area contributed by atoms with E-state index in [2.05, 4.69) is 0 Å². The lowest BCUT2D eigenvalue weighted by atomic mass is 9.63. The molecule has 230 valence electrons. The molecule has 14 unspecified atom stereocenters. The molecule has 6 aliphatic rings. The lowest BCUT2D eigenvalue weighted by molar-refractivity contribution is -0.224. The molecule has 0 spiro atoms. The van der Waals surface area contributed by atoms with Crippen molar-refractivity contribution >= 4 is 5.78 Å². The Morgan fingerprint density at radius 1 is 0.634 bits per heavy atom. The average Bonchev–Trinajstić information content (AvgIpc) is 3.03. The molecule has 2 heterocycles. The maximum atomic E-state index is 13.4. The monoisotopic (exact) mass is 582 g/mol. The molecule has 2 aliphatic heterocycles. The van der Waals surface area contributed by atoms with Gasteiger partial charge in [0.25, 0.3) is 0 Å². The third-order valence-electron chi connectivity index (χ3n) is 10.6. The minimum Gasteiger partial charge on any atom is -0.504 e. The molecule has 12 heteroatoms. The van der Waals surface area contributed by atoms with Gasteiger partial charge in [-0.1, -0.05) is 6.08 Å². The van der Waals surface area contributed by atoms with Crippen molar-refractivity contribution < 1.29 is 60.2 Å². The molecule has 41 heavy (non-hydrogen) atoms. The number of aliphatic hydroxyl groups excluding tert-OH is 9. The van der Waals surface area contributed by atoms with Crippen LogP contribution in [0.5, 0.6) is 0 Å². The SMILES string of the molecule is O=C1C(O)=CC([C@H]2OC3CC(O)CC(O)C3CC2O)=CC2C1C(O)C(O)CC2[C@@H]1OC2CC(O)CC(O)C2C[C@@H]1O. The van der Waals surface area contributed by atoms with E-state index in [0.717, 1.165) is 0 Å². The predicted molar refractivity (Wildman–Crippen MR) is 139 cm³/mol. The van der Waals surface area contributed by atoms with Gasteiger partial charge < -0.3 is 55.4 Å². The first-order chi connectivity index (χ1) is 19.4. The third-order valence-corrected chi connectivity index (χ3v) is 10.6. The maximum absolute atomic E-state index is 13.4. The fourth-order valence-electron chi connectivity index (χ4n) is 8.55. The van der Waals surface area contributed by atoms with Crippen molar-refractivity contribution in [3.05, 3.63) is 23.5 Å². The average molecular weight is 583 g/mol. The number of allylic oxidation sites excluding steroid dienone is 2. The molecule has 2 saturated heterocycles. The van der Waals surface area contributed by atoms with Crippen molar-refractivity contribution in [3.8, 4) is 0 Å². The van der Waals surface area contributed by atoms with Crippen LogP contribution in [0.15, 0.2) is 23.5 Å². The molecule has 12 nitrogen and oxygen atoms in total. The number of aliphatic hydroxyl groups is 9. The zero-order valence-electron chi connectivity index (χ0n) is 22.7. The zero-order valence-corrected chi connectivity index (χ0v) is 22.7. The molecule has 5 fully saturated rings. The van der Waals surface area contributed by atoms with Gasteiger partial charge in [-0.15, -0.1) is 0 Å². The van der Waals surface area contributed by atoms with E-state index in [9.17, 15) is 50.8 Å². The molecule has 3 saturated carbocycles. The molecule has 6 rings (SSSR count). The van der Waals surface area contributed by atoms with Crippen LogP contribution >= 0.6 is 0 Å². The van der Waals surface area contributed by atoms with Crippen molar-refractivity contribution in [3.63, 3.8) is 0 Å². The highest BCUT2D eigenvalue weighted by Gasteiger charge is 2.55. The van der Waals surface area contributed by atoms with Gasteiger partial charge in [-0.3, -0.25) is 4.79 Å². The topological polar surface area (TPSA) is 218 Å². The Hall–Kier alpha value is -1.45. The summed E-state index contributed by atoms with van der Waals surface area (Å²) in [6, 6.07) is 0. The molecule has 0 bridgehead atoms. The van der Waals surface area contributed by atoms with Gasteiger partial charge in [0.2, 0.25) is 5.78 Å². The summed E-state index contributed by atoms with van der Waals surface area (Å²) in [6.07, 6.45) is -7.17. The Bertz CT molecular complexity index is 1060. The standard InChI is InChI=1S/C29H42O12/c30-11-3-17(32)15-8-21(36)28(40-23(15)5-11)10-1-13-14(7-20(35)27(39)25(13)26(38)19(34)2-10)29-22(37)9-16-18(33)4-12(31)6-24(16)41-29/h1-2,11-18,20-25,27-37,39H,3-9H2/t11?,12?,13?,14?,15?,16?,17?,18?,20?,21?,22-,23?,24?,25?,27?,28+,29-/m0/s1. The molecule has 9 N–H and O–H groups in total. The second-order valence-electron chi connectivity index (χ2n) is 13.2. The van der Waals surface area contributed by atoms with Gasteiger partial charge in [0.15, 0.2) is 5.76 Å². The Morgan fingerprint density at radius 3 is 1.83 bits per heavy atom. The van der Waals surface area contributed by atoms with Gasteiger partial charge in [0.1, 0.15) is 6.10 Å². The van der Waals surface area contributed by atoms with Crippen LogP contribution in [0.2, 0.25) is 0 Å². The van der Waals surface area contributed by atoms with E-state index < -0.39 is 103 Å². The van der Waals surface area contributed by atoms with E-state index in [1.54, 1.807) is 6.08 Å². The predicted octanol–water partition coefficient (Wildman–Crippen LogP) is -1.79. The quantitative estimate of drug-likeness (QED) is 0.176. The minimum absolute atomic E-state index is 0.0263. The number of ketones is 1. The maximum Gasteiger partial charge on any atom is 0.203 e. The lowest BCUT2D eigenvalue weighted by Gasteiger charge is -2.51. The highest BCUT2D eigenvalue weighted by molar-refractivity contribution is 5.97. The molecule has 0 aromatic rings. The largest absolute Gasteiger partial charge is 0.504 e. The van der Waals surface area contributed by atoms with Crippen LogP contribution in [0.4, 0.5) is 0 Å². The van der Waals surface area contributed by atoms with Crippen molar-refractivity contribution in [1.29, 1.82) is 0 Å². The number of fused-ring (bicyclic) bond motifs is 3. The Kier molecular flexibility index (Phi) is 8.12. The van der Waals surface area contributed by atoms with Gasteiger partial charge in [-0.05, 0) is 68.4 Å². The third kappa shape index (κ3) is 5.30. The van der Waals surface area contributed by atoms with Crippen molar-refractivity contribution in [2.75, 3.05) is 0 Å². The number of carbonyl (C=O) groups excluding carboxylic acids is 1. The second kappa shape index (κ2) is 11.2. The summed E-state index contributed by atoms with van der Waals surface area (Å²) in [5.74, 6) is -5.02. The summed E-state index contributed by atoms with van der Waals surface area (Å²) in [7, 11) is 0. The van der Waals surface area contributed by atoms with Crippen molar-refractivity contribution in [1.82, 2.24) is 0 Å². The van der Waals surface area contributed by atoms with Crippen LogP contribution in [0.3, 0.4) is 0 Å². The fourth-order valence-corrected chi connectivity index (χ4v) is 8.55. The zero-order chi connectivity index (χ0) is 29.3. The first kappa shape index (κ1) is 29.6. The van der Waals surface area contributed by atoms with Crippen LogP contribution in [0.1, 0.15) is 44.9 Å². The summed E-state index contributed by atoms with van der Waals surface area (Å²) < 4.78 is 12.5. The van der Waals surface area contributed by atoms with E-state index >= 15 is 0 Å². The number of rotatable bonds is 2. The Labute approximate surface area is 237 Å². The van der Waals surface area contributed by atoms with E-state index in [-0.39, 0.29) is 62.4 Å². The van der Waals surface area contributed by atoms with Crippen LogP contribution in [0.25, 0.3) is 0 Å². The van der Waals surface area contributed by atoms with Crippen LogP contribution in [-0.4, -0.2) is 125 Å². The summed E-state index contributed by atoms with van der Waals surface area (Å²) in [6.45, 7) is 0. The second-order valence-corrected chi connectivity index (χ2v) is 13.2. The van der Waals surface area contributed by atoms with Gasteiger partial charge in [-0.2, -0.15) is 0 Å². The summed E-state index contributed by atoms with van der Waals surface area (Å²) in [5, 5.41) is 96.2.